The molecule has 0 saturated heterocycles. The molecule has 0 bridgehead atoms. The summed E-state index contributed by atoms with van der Waals surface area (Å²) in [5, 5.41) is 2.73. The number of carbonyl (C=O) groups excluding carboxylic acids is 1. The largest absolute Gasteiger partial charge is 0.490 e. The second-order valence-corrected chi connectivity index (χ2v) is 8.22. The lowest BCUT2D eigenvalue weighted by atomic mass is 9.94. The summed E-state index contributed by atoms with van der Waals surface area (Å²) in [6.07, 6.45) is 1.91. The molecule has 0 N–H and O–H groups in total. The number of nitrogens with zero attached hydrogens (tertiary/aromatic N) is 2. The first-order chi connectivity index (χ1) is 16.0. The van der Waals surface area contributed by atoms with Crippen molar-refractivity contribution < 1.29 is 23.4 Å². The Morgan fingerprint density at radius 1 is 1.12 bits per heavy atom. The first-order valence-electron chi connectivity index (χ1n) is 10.7. The number of benzene rings is 2. The number of esters is 1. The van der Waals surface area contributed by atoms with Crippen LogP contribution in [0.4, 0.5) is 4.39 Å². The Bertz CT molecular complexity index is 1140. The average Bonchev–Trinajstić information content (AvgIpc) is 3.26. The molecule has 0 aromatic heterocycles. The summed E-state index contributed by atoms with van der Waals surface area (Å²) in [5.41, 5.74) is 2.40. The van der Waals surface area contributed by atoms with Crippen LogP contribution < -0.4 is 9.47 Å². The molecule has 0 saturated carbocycles. The topological polar surface area (TPSA) is 60.4 Å². The Hall–Kier alpha value is -3.26. The van der Waals surface area contributed by atoms with Crippen LogP contribution in [-0.4, -0.2) is 29.3 Å². The summed E-state index contributed by atoms with van der Waals surface area (Å²) in [6.45, 7) is 6.25. The SMILES string of the molecule is CCOC(=O)C1=C(C)N=C2SC=CN2[C@H]1c1ccc(OCc2ccccc2F)c(OCC)c1. The number of amidine groups is 1. The van der Waals surface area contributed by atoms with E-state index >= 15 is 0 Å². The molecule has 0 aliphatic carbocycles. The van der Waals surface area contributed by atoms with Crippen LogP contribution in [0.2, 0.25) is 0 Å². The Morgan fingerprint density at radius 2 is 1.94 bits per heavy atom. The van der Waals surface area contributed by atoms with Gasteiger partial charge in [0.25, 0.3) is 0 Å². The van der Waals surface area contributed by atoms with Gasteiger partial charge in [-0.15, -0.1) is 0 Å². The highest BCUT2D eigenvalue weighted by Gasteiger charge is 2.37. The minimum absolute atomic E-state index is 0.0743. The van der Waals surface area contributed by atoms with E-state index in [4.69, 9.17) is 14.2 Å². The quantitative estimate of drug-likeness (QED) is 0.472. The predicted octanol–water partition coefficient (Wildman–Crippen LogP) is 5.57. The third-order valence-electron chi connectivity index (χ3n) is 5.24. The summed E-state index contributed by atoms with van der Waals surface area (Å²) in [6, 6.07) is 11.6. The van der Waals surface area contributed by atoms with E-state index in [1.165, 1.54) is 17.8 Å². The molecule has 8 heteroatoms. The third kappa shape index (κ3) is 4.75. The first-order valence-corrected chi connectivity index (χ1v) is 11.6. The van der Waals surface area contributed by atoms with Gasteiger partial charge in [-0.25, -0.2) is 14.2 Å². The van der Waals surface area contributed by atoms with Crippen molar-refractivity contribution in [2.75, 3.05) is 13.2 Å². The van der Waals surface area contributed by atoms with Crippen LogP contribution in [0, 0.1) is 5.82 Å². The monoisotopic (exact) mass is 468 g/mol. The minimum atomic E-state index is -0.414. The fourth-order valence-electron chi connectivity index (χ4n) is 3.75. The summed E-state index contributed by atoms with van der Waals surface area (Å²) in [5.74, 6) is 0.301. The number of hydrogen-bond donors (Lipinski definition) is 0. The zero-order valence-electron chi connectivity index (χ0n) is 18.7. The van der Waals surface area contributed by atoms with E-state index in [9.17, 15) is 9.18 Å². The molecule has 4 rings (SSSR count). The molecule has 172 valence electrons. The maximum atomic E-state index is 14.0. The molecule has 0 unspecified atom stereocenters. The van der Waals surface area contributed by atoms with Crippen LogP contribution in [-0.2, 0) is 16.1 Å². The molecule has 2 aromatic rings. The Morgan fingerprint density at radius 3 is 2.70 bits per heavy atom. The highest BCUT2D eigenvalue weighted by Crippen LogP contribution is 2.43. The zero-order valence-corrected chi connectivity index (χ0v) is 19.5. The smallest absolute Gasteiger partial charge is 0.338 e. The van der Waals surface area contributed by atoms with Crippen LogP contribution in [0.15, 0.2) is 70.3 Å². The Balaban J connectivity index is 1.69. The lowest BCUT2D eigenvalue weighted by molar-refractivity contribution is -0.139. The standard InChI is InChI=1S/C25H25FN2O4S/c1-4-30-21-14-17(10-11-20(21)32-15-18-8-6-7-9-19(18)26)23-22(24(29)31-5-2)16(3)27-25-28(23)12-13-33-25/h6-14,23H,4-5,15H2,1-3H3/t23-/m0/s1. The van der Waals surface area contributed by atoms with Gasteiger partial charge in [0.2, 0.25) is 0 Å². The van der Waals surface area contributed by atoms with Crippen molar-refractivity contribution in [2.45, 2.75) is 33.4 Å². The number of fused-ring (bicyclic) bond motifs is 1. The highest BCUT2D eigenvalue weighted by molar-refractivity contribution is 8.16. The molecule has 0 amide bonds. The second kappa shape index (κ2) is 10.1. The van der Waals surface area contributed by atoms with E-state index in [2.05, 4.69) is 4.99 Å². The summed E-state index contributed by atoms with van der Waals surface area (Å²) < 4.78 is 31.1. The Labute approximate surface area is 196 Å². The molecule has 0 spiro atoms. The van der Waals surface area contributed by atoms with Crippen molar-refractivity contribution >= 4 is 22.9 Å². The Kier molecular flexibility index (Phi) is 7.03. The fraction of sp³-hybridized carbons (Fsp3) is 0.280. The number of allylic oxidation sites excluding steroid dienone is 1. The van der Waals surface area contributed by atoms with Crippen molar-refractivity contribution in [3.8, 4) is 11.5 Å². The van der Waals surface area contributed by atoms with E-state index in [-0.39, 0.29) is 19.0 Å². The van der Waals surface area contributed by atoms with Crippen molar-refractivity contribution in [2.24, 2.45) is 4.99 Å². The lowest BCUT2D eigenvalue weighted by Gasteiger charge is -2.33. The van der Waals surface area contributed by atoms with Crippen LogP contribution in [0.5, 0.6) is 11.5 Å². The number of aliphatic imine (C=N–C) groups is 1. The zero-order chi connectivity index (χ0) is 23.4. The van der Waals surface area contributed by atoms with E-state index in [1.807, 2.05) is 42.5 Å². The van der Waals surface area contributed by atoms with Gasteiger partial charge in [0.15, 0.2) is 16.7 Å². The number of halogens is 1. The molecular weight excluding hydrogens is 443 g/mol. The van der Waals surface area contributed by atoms with Gasteiger partial charge in [-0.05, 0) is 49.9 Å². The molecule has 2 aromatic carbocycles. The van der Waals surface area contributed by atoms with E-state index in [0.717, 1.165) is 10.7 Å². The number of hydrogen-bond acceptors (Lipinski definition) is 7. The van der Waals surface area contributed by atoms with E-state index < -0.39 is 12.0 Å². The van der Waals surface area contributed by atoms with Gasteiger partial charge in [-0.1, -0.05) is 36.0 Å². The van der Waals surface area contributed by atoms with Crippen LogP contribution >= 0.6 is 11.8 Å². The van der Waals surface area contributed by atoms with Gasteiger partial charge >= 0.3 is 5.97 Å². The second-order valence-electron chi connectivity index (χ2n) is 7.35. The van der Waals surface area contributed by atoms with Gasteiger partial charge in [0.05, 0.1) is 30.5 Å². The number of carbonyl (C=O) groups is 1. The number of rotatable bonds is 8. The molecule has 2 aliphatic rings. The van der Waals surface area contributed by atoms with Gasteiger partial charge < -0.3 is 19.1 Å². The summed E-state index contributed by atoms with van der Waals surface area (Å²) in [7, 11) is 0. The lowest BCUT2D eigenvalue weighted by Crippen LogP contribution is -2.34. The van der Waals surface area contributed by atoms with Crippen molar-refractivity contribution in [3.63, 3.8) is 0 Å². The molecule has 1 atom stereocenters. The maximum Gasteiger partial charge on any atom is 0.338 e. The van der Waals surface area contributed by atoms with Crippen molar-refractivity contribution in [1.82, 2.24) is 4.90 Å². The fourth-order valence-corrected chi connectivity index (χ4v) is 4.54. The van der Waals surface area contributed by atoms with Crippen LogP contribution in [0.3, 0.4) is 0 Å². The average molecular weight is 469 g/mol. The maximum absolute atomic E-state index is 14.0. The first kappa shape index (κ1) is 22.9. The molecule has 0 radical (unpaired) electrons. The summed E-state index contributed by atoms with van der Waals surface area (Å²) in [4.78, 5) is 19.4. The summed E-state index contributed by atoms with van der Waals surface area (Å²) >= 11 is 1.50. The third-order valence-corrected chi connectivity index (χ3v) is 6.01. The molecule has 6 nitrogen and oxygen atoms in total. The van der Waals surface area contributed by atoms with E-state index in [0.29, 0.717) is 34.9 Å². The number of ether oxygens (including phenoxy) is 3. The van der Waals surface area contributed by atoms with Gasteiger partial charge in [-0.2, -0.15) is 0 Å². The minimum Gasteiger partial charge on any atom is -0.490 e. The van der Waals surface area contributed by atoms with Crippen LogP contribution in [0.1, 0.15) is 37.9 Å². The molecule has 33 heavy (non-hydrogen) atoms. The predicted molar refractivity (Wildman–Crippen MR) is 126 cm³/mol. The molecule has 0 fully saturated rings. The van der Waals surface area contributed by atoms with Gasteiger partial charge in [0.1, 0.15) is 12.4 Å². The molecular formula is C25H25FN2O4S. The van der Waals surface area contributed by atoms with Gasteiger partial charge in [-0.3, -0.25) is 0 Å². The van der Waals surface area contributed by atoms with E-state index in [1.54, 1.807) is 31.2 Å². The molecule has 2 heterocycles. The normalized spacial score (nSPS) is 17.0. The van der Waals surface area contributed by atoms with Crippen molar-refractivity contribution in [1.29, 1.82) is 0 Å². The van der Waals surface area contributed by atoms with Gasteiger partial charge in [0, 0.05) is 11.8 Å². The molecule has 2 aliphatic heterocycles. The number of thioether (sulfide) groups is 1. The van der Waals surface area contributed by atoms with Crippen molar-refractivity contribution in [3.05, 3.63) is 82.3 Å². The van der Waals surface area contributed by atoms with Crippen LogP contribution in [0.25, 0.3) is 0 Å². The highest BCUT2D eigenvalue weighted by atomic mass is 32.2.